The van der Waals surface area contributed by atoms with Crippen LogP contribution >= 0.6 is 0 Å². The predicted molar refractivity (Wildman–Crippen MR) is 59.6 cm³/mol. The SMILES string of the molecule is COC(=O)c1ccc(C(O)C(O)C(N)=O)c(O)c1. The summed E-state index contributed by atoms with van der Waals surface area (Å²) in [5.74, 6) is -2.24. The number of aliphatic hydroxyl groups is 2. The van der Waals surface area contributed by atoms with E-state index in [1.807, 2.05) is 0 Å². The highest BCUT2D eigenvalue weighted by Gasteiger charge is 2.26. The van der Waals surface area contributed by atoms with Gasteiger partial charge in [0, 0.05) is 5.56 Å². The number of ether oxygens (including phenoxy) is 1. The second kappa shape index (κ2) is 5.48. The molecule has 0 bridgehead atoms. The summed E-state index contributed by atoms with van der Waals surface area (Å²) in [6.45, 7) is 0. The molecule has 0 aromatic heterocycles. The second-order valence-corrected chi connectivity index (χ2v) is 3.56. The van der Waals surface area contributed by atoms with Gasteiger partial charge in [-0.15, -0.1) is 0 Å². The molecule has 1 aromatic rings. The minimum Gasteiger partial charge on any atom is -0.508 e. The summed E-state index contributed by atoms with van der Waals surface area (Å²) in [6, 6.07) is 3.52. The summed E-state index contributed by atoms with van der Waals surface area (Å²) < 4.78 is 4.44. The average Bonchev–Trinajstić information content (AvgIpc) is 2.35. The zero-order valence-corrected chi connectivity index (χ0v) is 9.53. The van der Waals surface area contributed by atoms with E-state index in [-0.39, 0.29) is 11.1 Å². The summed E-state index contributed by atoms with van der Waals surface area (Å²) in [7, 11) is 1.18. The van der Waals surface area contributed by atoms with Gasteiger partial charge in [0.15, 0.2) is 6.10 Å². The fraction of sp³-hybridized carbons (Fsp3) is 0.273. The minimum absolute atomic E-state index is 0.0690. The lowest BCUT2D eigenvalue weighted by Gasteiger charge is -2.16. The highest BCUT2D eigenvalue weighted by atomic mass is 16.5. The molecule has 2 atom stereocenters. The number of hydrogen-bond acceptors (Lipinski definition) is 6. The molecule has 0 radical (unpaired) electrons. The molecule has 7 heteroatoms. The van der Waals surface area contributed by atoms with Crippen LogP contribution in [0.4, 0.5) is 0 Å². The van der Waals surface area contributed by atoms with E-state index in [2.05, 4.69) is 4.74 Å². The quantitative estimate of drug-likeness (QED) is 0.513. The van der Waals surface area contributed by atoms with Crippen LogP contribution in [0.15, 0.2) is 18.2 Å². The lowest BCUT2D eigenvalue weighted by molar-refractivity contribution is -0.132. The van der Waals surface area contributed by atoms with Crippen molar-refractivity contribution in [1.82, 2.24) is 0 Å². The topological polar surface area (TPSA) is 130 Å². The number of aliphatic hydroxyl groups excluding tert-OH is 2. The first-order chi connectivity index (χ1) is 8.38. The van der Waals surface area contributed by atoms with Crippen molar-refractivity contribution in [2.24, 2.45) is 5.73 Å². The number of hydrogen-bond donors (Lipinski definition) is 4. The summed E-state index contributed by atoms with van der Waals surface area (Å²) in [4.78, 5) is 21.9. The Kier molecular flexibility index (Phi) is 4.24. The Morgan fingerprint density at radius 2 is 1.94 bits per heavy atom. The van der Waals surface area contributed by atoms with Crippen LogP contribution in [-0.2, 0) is 9.53 Å². The van der Waals surface area contributed by atoms with Crippen LogP contribution in [-0.4, -0.2) is 40.4 Å². The van der Waals surface area contributed by atoms with Gasteiger partial charge in [0.25, 0.3) is 0 Å². The number of phenols is 1. The maximum absolute atomic E-state index is 11.2. The largest absolute Gasteiger partial charge is 0.508 e. The van der Waals surface area contributed by atoms with E-state index in [0.717, 1.165) is 6.07 Å². The van der Waals surface area contributed by atoms with E-state index >= 15 is 0 Å². The Morgan fingerprint density at radius 3 is 2.39 bits per heavy atom. The molecule has 7 nitrogen and oxygen atoms in total. The first-order valence-electron chi connectivity index (χ1n) is 4.95. The highest BCUT2D eigenvalue weighted by Crippen LogP contribution is 2.27. The molecule has 18 heavy (non-hydrogen) atoms. The number of carbonyl (C=O) groups excluding carboxylic acids is 2. The van der Waals surface area contributed by atoms with Gasteiger partial charge < -0.3 is 25.8 Å². The van der Waals surface area contributed by atoms with Crippen LogP contribution in [0.1, 0.15) is 22.0 Å². The number of rotatable bonds is 4. The maximum atomic E-state index is 11.2. The van der Waals surface area contributed by atoms with Crippen LogP contribution in [0.25, 0.3) is 0 Å². The van der Waals surface area contributed by atoms with E-state index in [1.54, 1.807) is 0 Å². The minimum atomic E-state index is -1.85. The maximum Gasteiger partial charge on any atom is 0.337 e. The van der Waals surface area contributed by atoms with Gasteiger partial charge in [-0.2, -0.15) is 0 Å². The second-order valence-electron chi connectivity index (χ2n) is 3.56. The first kappa shape index (κ1) is 13.9. The van der Waals surface area contributed by atoms with Crippen molar-refractivity contribution >= 4 is 11.9 Å². The van der Waals surface area contributed by atoms with E-state index in [9.17, 15) is 24.9 Å². The summed E-state index contributed by atoms with van der Waals surface area (Å²) in [6.07, 6.45) is -3.52. The molecule has 1 amide bonds. The van der Waals surface area contributed by atoms with Crippen LogP contribution in [0.5, 0.6) is 5.75 Å². The molecule has 1 rings (SSSR count). The number of carbonyl (C=O) groups is 2. The van der Waals surface area contributed by atoms with E-state index < -0.39 is 29.8 Å². The molecule has 0 aliphatic heterocycles. The third-order valence-electron chi connectivity index (χ3n) is 2.36. The van der Waals surface area contributed by atoms with Crippen LogP contribution in [0, 0.1) is 0 Å². The first-order valence-corrected chi connectivity index (χ1v) is 4.95. The van der Waals surface area contributed by atoms with Gasteiger partial charge in [-0.1, -0.05) is 6.07 Å². The molecule has 98 valence electrons. The van der Waals surface area contributed by atoms with Crippen molar-refractivity contribution in [3.8, 4) is 5.75 Å². The number of esters is 1. The number of primary amides is 1. The molecule has 0 fully saturated rings. The van der Waals surface area contributed by atoms with Gasteiger partial charge >= 0.3 is 5.97 Å². The van der Waals surface area contributed by atoms with E-state index in [1.165, 1.54) is 19.2 Å². The van der Waals surface area contributed by atoms with Crippen molar-refractivity contribution in [3.05, 3.63) is 29.3 Å². The number of benzene rings is 1. The number of methoxy groups -OCH3 is 1. The van der Waals surface area contributed by atoms with Gasteiger partial charge in [-0.05, 0) is 12.1 Å². The lowest BCUT2D eigenvalue weighted by Crippen LogP contribution is -2.33. The molecule has 1 aromatic carbocycles. The van der Waals surface area contributed by atoms with Crippen LogP contribution in [0.2, 0.25) is 0 Å². The number of amides is 1. The molecule has 0 aliphatic rings. The van der Waals surface area contributed by atoms with Crippen molar-refractivity contribution < 1.29 is 29.6 Å². The van der Waals surface area contributed by atoms with Gasteiger partial charge in [0.05, 0.1) is 12.7 Å². The van der Waals surface area contributed by atoms with E-state index in [4.69, 9.17) is 5.73 Å². The van der Waals surface area contributed by atoms with Gasteiger partial charge in [0.1, 0.15) is 11.9 Å². The molecular weight excluding hydrogens is 242 g/mol. The summed E-state index contributed by atoms with van der Waals surface area (Å²) in [5, 5.41) is 28.5. The highest BCUT2D eigenvalue weighted by molar-refractivity contribution is 5.90. The van der Waals surface area contributed by atoms with E-state index in [0.29, 0.717) is 0 Å². The third kappa shape index (κ3) is 2.76. The van der Waals surface area contributed by atoms with Gasteiger partial charge in [-0.25, -0.2) is 4.79 Å². The average molecular weight is 255 g/mol. The molecule has 2 unspecified atom stereocenters. The number of aromatic hydroxyl groups is 1. The Hall–Kier alpha value is -2.12. The molecule has 0 saturated heterocycles. The Labute approximate surface area is 102 Å². The molecular formula is C11H13NO6. The van der Waals surface area contributed by atoms with Gasteiger partial charge in [-0.3, -0.25) is 4.79 Å². The monoisotopic (exact) mass is 255 g/mol. The van der Waals surface area contributed by atoms with Crippen LogP contribution in [0.3, 0.4) is 0 Å². The molecule has 0 heterocycles. The normalized spacial score (nSPS) is 13.7. The number of phenolic OH excluding ortho intramolecular Hbond substituents is 1. The summed E-state index contributed by atoms with van der Waals surface area (Å²) in [5.41, 5.74) is 4.77. The van der Waals surface area contributed by atoms with Crippen molar-refractivity contribution in [2.75, 3.05) is 7.11 Å². The third-order valence-corrected chi connectivity index (χ3v) is 2.36. The van der Waals surface area contributed by atoms with Crippen LogP contribution < -0.4 is 5.73 Å². The predicted octanol–water partition coefficient (Wildman–Crippen LogP) is -0.942. The smallest absolute Gasteiger partial charge is 0.337 e. The molecule has 0 aliphatic carbocycles. The number of nitrogens with two attached hydrogens (primary N) is 1. The van der Waals surface area contributed by atoms with Gasteiger partial charge in [0.2, 0.25) is 5.91 Å². The lowest BCUT2D eigenvalue weighted by atomic mass is 10.0. The zero-order chi connectivity index (χ0) is 13.9. The Morgan fingerprint density at radius 1 is 1.33 bits per heavy atom. The van der Waals surface area contributed by atoms with Crippen molar-refractivity contribution in [3.63, 3.8) is 0 Å². The molecule has 5 N–H and O–H groups in total. The zero-order valence-electron chi connectivity index (χ0n) is 9.53. The fourth-order valence-electron chi connectivity index (χ4n) is 1.36. The fourth-order valence-corrected chi connectivity index (χ4v) is 1.36. The summed E-state index contributed by atoms with van der Waals surface area (Å²) >= 11 is 0. The molecule has 0 spiro atoms. The van der Waals surface area contributed by atoms with Crippen molar-refractivity contribution in [1.29, 1.82) is 0 Å². The van der Waals surface area contributed by atoms with Crippen molar-refractivity contribution in [2.45, 2.75) is 12.2 Å². The Balaban J connectivity index is 3.06. The Bertz CT molecular complexity index is 473. The standard InChI is InChI=1S/C11H13NO6/c1-18-11(17)5-2-3-6(7(13)4-5)8(14)9(15)10(12)16/h2-4,8-9,13-15H,1H3,(H2,12,16). The molecule has 0 saturated carbocycles.